The molecule has 0 aliphatic carbocycles. The molecule has 3 aromatic rings. The first kappa shape index (κ1) is 28.4. The third-order valence-corrected chi connectivity index (χ3v) is 9.14. The predicted octanol–water partition coefficient (Wildman–Crippen LogP) is 6.13. The van der Waals surface area contributed by atoms with Crippen molar-refractivity contribution in [3.8, 4) is 5.75 Å². The number of nitrogens with zero attached hydrogens (tertiary/aromatic N) is 4. The number of ether oxygens (including phenoxy) is 1. The summed E-state index contributed by atoms with van der Waals surface area (Å²) in [5, 5.41) is 7.48. The van der Waals surface area contributed by atoms with Crippen LogP contribution >= 0.6 is 23.1 Å². The topological polar surface area (TPSA) is 82.6 Å². The van der Waals surface area contributed by atoms with Crippen molar-refractivity contribution in [3.63, 3.8) is 0 Å². The standard InChI is InChI=1S/C28H38BrN6O2P/c1-18-8-9-22(26(14-18)38(6,7)36)31-27-21(29)17-30-28(33-27)32-23-15-19(2)24(16-25(23)37-5)35-12-10-20(11-13-35)34(3)4/h8-9,14-17,20H,10-13H2,1-7H3,(H2,30,31,32,33). The van der Waals surface area contributed by atoms with Crippen molar-refractivity contribution in [3.05, 3.63) is 52.1 Å². The number of anilines is 5. The molecule has 1 aliphatic heterocycles. The second-order valence-electron chi connectivity index (χ2n) is 10.5. The van der Waals surface area contributed by atoms with E-state index in [4.69, 9.17) is 9.72 Å². The van der Waals surface area contributed by atoms with Crippen LogP contribution < -0.4 is 25.6 Å². The minimum Gasteiger partial charge on any atom is -0.494 e. The highest BCUT2D eigenvalue weighted by Gasteiger charge is 2.23. The van der Waals surface area contributed by atoms with Gasteiger partial charge in [-0.05, 0) is 93.8 Å². The quantitative estimate of drug-likeness (QED) is 0.299. The zero-order chi connectivity index (χ0) is 27.6. The van der Waals surface area contributed by atoms with E-state index in [1.807, 2.05) is 25.1 Å². The first-order valence-corrected chi connectivity index (χ1v) is 16.2. The zero-order valence-electron chi connectivity index (χ0n) is 23.3. The molecule has 0 bridgehead atoms. The number of halogens is 1. The number of piperidine rings is 1. The van der Waals surface area contributed by atoms with Crippen LogP contribution in [-0.4, -0.2) is 68.5 Å². The molecule has 38 heavy (non-hydrogen) atoms. The van der Waals surface area contributed by atoms with Gasteiger partial charge < -0.3 is 29.7 Å². The first-order chi connectivity index (χ1) is 18.0. The van der Waals surface area contributed by atoms with Crippen molar-refractivity contribution < 1.29 is 9.30 Å². The normalized spacial score (nSPS) is 14.6. The van der Waals surface area contributed by atoms with Gasteiger partial charge in [-0.15, -0.1) is 0 Å². The van der Waals surface area contributed by atoms with E-state index in [9.17, 15) is 4.57 Å². The molecule has 0 spiro atoms. The van der Waals surface area contributed by atoms with Gasteiger partial charge in [-0.25, -0.2) is 4.98 Å². The van der Waals surface area contributed by atoms with Crippen LogP contribution in [0.3, 0.4) is 0 Å². The molecule has 0 atom stereocenters. The third-order valence-electron chi connectivity index (χ3n) is 7.03. The molecule has 2 heterocycles. The summed E-state index contributed by atoms with van der Waals surface area (Å²) in [6, 6.07) is 10.7. The van der Waals surface area contributed by atoms with Crippen molar-refractivity contribution in [2.45, 2.75) is 32.7 Å². The maximum absolute atomic E-state index is 12.9. The second kappa shape index (κ2) is 11.6. The molecule has 0 saturated carbocycles. The van der Waals surface area contributed by atoms with Gasteiger partial charge in [0.25, 0.3) is 0 Å². The molecule has 0 amide bonds. The van der Waals surface area contributed by atoms with Crippen LogP contribution in [0, 0.1) is 13.8 Å². The molecule has 1 saturated heterocycles. The van der Waals surface area contributed by atoms with E-state index in [0.29, 0.717) is 22.3 Å². The monoisotopic (exact) mass is 600 g/mol. The molecule has 2 aromatic carbocycles. The fourth-order valence-corrected chi connectivity index (χ4v) is 6.38. The van der Waals surface area contributed by atoms with E-state index in [1.165, 1.54) is 5.69 Å². The van der Waals surface area contributed by atoms with Gasteiger partial charge in [-0.2, -0.15) is 4.98 Å². The molecule has 204 valence electrons. The molecular formula is C28H38BrN6O2P. The van der Waals surface area contributed by atoms with Gasteiger partial charge in [0.2, 0.25) is 5.95 Å². The SMILES string of the molecule is COc1cc(N2CCC(N(C)C)CC2)c(C)cc1Nc1ncc(Br)c(Nc2ccc(C)cc2P(C)(C)=O)n1. The number of aromatic nitrogens is 2. The van der Waals surface area contributed by atoms with Crippen LogP contribution in [0.4, 0.5) is 28.8 Å². The molecule has 4 rings (SSSR count). The summed E-state index contributed by atoms with van der Waals surface area (Å²) < 4.78 is 19.4. The summed E-state index contributed by atoms with van der Waals surface area (Å²) in [4.78, 5) is 13.9. The molecule has 10 heteroatoms. The Balaban J connectivity index is 1.58. The maximum Gasteiger partial charge on any atom is 0.229 e. The third kappa shape index (κ3) is 6.50. The minimum atomic E-state index is -2.50. The van der Waals surface area contributed by atoms with E-state index in [2.05, 4.69) is 74.5 Å². The lowest BCUT2D eigenvalue weighted by atomic mass is 10.0. The van der Waals surface area contributed by atoms with E-state index in [1.54, 1.807) is 26.6 Å². The summed E-state index contributed by atoms with van der Waals surface area (Å²) in [6.45, 7) is 9.72. The van der Waals surface area contributed by atoms with Crippen LogP contribution in [0.1, 0.15) is 24.0 Å². The van der Waals surface area contributed by atoms with E-state index >= 15 is 0 Å². The largest absolute Gasteiger partial charge is 0.494 e. The Morgan fingerprint density at radius 3 is 2.42 bits per heavy atom. The van der Waals surface area contributed by atoms with Gasteiger partial charge in [-0.1, -0.05) is 11.6 Å². The van der Waals surface area contributed by atoms with Crippen molar-refractivity contribution in [1.29, 1.82) is 0 Å². The highest BCUT2D eigenvalue weighted by molar-refractivity contribution is 9.10. The minimum absolute atomic E-state index is 0.429. The molecule has 1 aliphatic rings. The number of benzene rings is 2. The summed E-state index contributed by atoms with van der Waals surface area (Å²) in [7, 11) is 3.50. The molecule has 8 nitrogen and oxygen atoms in total. The average Bonchev–Trinajstić information content (AvgIpc) is 2.86. The lowest BCUT2D eigenvalue weighted by molar-refractivity contribution is 0.249. The first-order valence-electron chi connectivity index (χ1n) is 12.8. The second-order valence-corrected chi connectivity index (χ2v) is 14.6. The predicted molar refractivity (Wildman–Crippen MR) is 163 cm³/mol. The molecule has 1 aromatic heterocycles. The van der Waals surface area contributed by atoms with E-state index < -0.39 is 7.14 Å². The molecular weight excluding hydrogens is 563 g/mol. The lowest BCUT2D eigenvalue weighted by Crippen LogP contribution is -2.42. The number of hydrogen-bond donors (Lipinski definition) is 2. The van der Waals surface area contributed by atoms with E-state index in [-0.39, 0.29) is 0 Å². The summed E-state index contributed by atoms with van der Waals surface area (Å²) in [6.07, 6.45) is 3.99. The molecule has 2 N–H and O–H groups in total. The van der Waals surface area contributed by atoms with Gasteiger partial charge >= 0.3 is 0 Å². The van der Waals surface area contributed by atoms with Gasteiger partial charge in [-0.3, -0.25) is 0 Å². The lowest BCUT2D eigenvalue weighted by Gasteiger charge is -2.37. The molecule has 0 unspecified atom stereocenters. The van der Waals surface area contributed by atoms with Gasteiger partial charge in [0.1, 0.15) is 18.7 Å². The van der Waals surface area contributed by atoms with Crippen LogP contribution in [0.5, 0.6) is 5.75 Å². The van der Waals surface area contributed by atoms with Gasteiger partial charge in [0.15, 0.2) is 0 Å². The molecule has 1 fully saturated rings. The Kier molecular flexibility index (Phi) is 8.70. The Morgan fingerprint density at radius 1 is 1.08 bits per heavy atom. The number of methoxy groups -OCH3 is 1. The van der Waals surface area contributed by atoms with Crippen LogP contribution in [-0.2, 0) is 4.57 Å². The van der Waals surface area contributed by atoms with Crippen molar-refractivity contribution >= 4 is 57.2 Å². The number of hydrogen-bond acceptors (Lipinski definition) is 8. The Labute approximate surface area is 234 Å². The van der Waals surface area contributed by atoms with Crippen LogP contribution in [0.15, 0.2) is 41.0 Å². The molecule has 0 radical (unpaired) electrons. The highest BCUT2D eigenvalue weighted by Crippen LogP contribution is 2.40. The highest BCUT2D eigenvalue weighted by atomic mass is 79.9. The Morgan fingerprint density at radius 2 is 1.79 bits per heavy atom. The fraction of sp³-hybridized carbons (Fsp3) is 0.429. The van der Waals surface area contributed by atoms with E-state index in [0.717, 1.165) is 59.5 Å². The number of nitrogens with one attached hydrogen (secondary N) is 2. The van der Waals surface area contributed by atoms with Gasteiger partial charge in [0.05, 0.1) is 23.0 Å². The summed E-state index contributed by atoms with van der Waals surface area (Å²) in [5.74, 6) is 1.75. The summed E-state index contributed by atoms with van der Waals surface area (Å²) >= 11 is 3.55. The smallest absolute Gasteiger partial charge is 0.229 e. The van der Waals surface area contributed by atoms with Crippen LogP contribution in [0.25, 0.3) is 0 Å². The Bertz CT molecular complexity index is 1350. The fourth-order valence-electron chi connectivity index (χ4n) is 4.86. The summed E-state index contributed by atoms with van der Waals surface area (Å²) in [5.41, 5.74) is 4.99. The zero-order valence-corrected chi connectivity index (χ0v) is 25.8. The van der Waals surface area contributed by atoms with Gasteiger partial charge in [0, 0.05) is 42.4 Å². The number of rotatable bonds is 8. The maximum atomic E-state index is 12.9. The van der Waals surface area contributed by atoms with Crippen molar-refractivity contribution in [2.75, 3.05) is 63.2 Å². The van der Waals surface area contributed by atoms with Crippen molar-refractivity contribution in [1.82, 2.24) is 14.9 Å². The van der Waals surface area contributed by atoms with Crippen molar-refractivity contribution in [2.24, 2.45) is 0 Å². The average molecular weight is 602 g/mol. The number of aryl methyl sites for hydroxylation is 2. The van der Waals surface area contributed by atoms with Crippen LogP contribution in [0.2, 0.25) is 0 Å². The Hall–Kier alpha value is -2.61.